The van der Waals surface area contributed by atoms with Crippen molar-refractivity contribution in [2.24, 2.45) is 11.7 Å². The Morgan fingerprint density at radius 2 is 2.29 bits per heavy atom. The lowest BCUT2D eigenvalue weighted by atomic mass is 9.76. The molecule has 2 atom stereocenters. The Balaban J connectivity index is 2.51. The van der Waals surface area contributed by atoms with Gasteiger partial charge in [-0.05, 0) is 18.8 Å². The van der Waals surface area contributed by atoms with E-state index < -0.39 is 30.5 Å². The standard InChI is InChI=1S/C11H20F2N2O2/c1-8-3-2-4-10(14,5-8)9(17)15-6-11(12,13)7-16/h8,16H,2-7,14H2,1H3,(H,15,17). The van der Waals surface area contributed by atoms with Gasteiger partial charge in [0.1, 0.15) is 6.61 Å². The summed E-state index contributed by atoms with van der Waals surface area (Å²) in [6, 6.07) is 0. The summed E-state index contributed by atoms with van der Waals surface area (Å²) in [5.41, 5.74) is 4.91. The Kier molecular flexibility index (Phi) is 4.43. The van der Waals surface area contributed by atoms with Crippen molar-refractivity contribution in [3.8, 4) is 0 Å². The topological polar surface area (TPSA) is 75.4 Å². The molecule has 17 heavy (non-hydrogen) atoms. The van der Waals surface area contributed by atoms with Gasteiger partial charge >= 0.3 is 0 Å². The predicted octanol–water partition coefficient (Wildman–Crippen LogP) is 0.638. The van der Waals surface area contributed by atoms with Crippen molar-refractivity contribution in [2.75, 3.05) is 13.2 Å². The molecule has 100 valence electrons. The Hall–Kier alpha value is -0.750. The van der Waals surface area contributed by atoms with Gasteiger partial charge in [-0.1, -0.05) is 19.8 Å². The van der Waals surface area contributed by atoms with E-state index in [0.29, 0.717) is 18.8 Å². The molecule has 4 nitrogen and oxygen atoms in total. The first kappa shape index (κ1) is 14.3. The Labute approximate surface area is 99.6 Å². The molecule has 0 spiro atoms. The number of nitrogens with two attached hydrogens (primary N) is 1. The summed E-state index contributed by atoms with van der Waals surface area (Å²) in [6.07, 6.45) is 2.89. The molecule has 1 amide bonds. The summed E-state index contributed by atoms with van der Waals surface area (Å²) in [5.74, 6) is -3.50. The van der Waals surface area contributed by atoms with E-state index in [2.05, 4.69) is 5.32 Å². The van der Waals surface area contributed by atoms with Crippen LogP contribution >= 0.6 is 0 Å². The third-order valence-corrected chi connectivity index (χ3v) is 3.22. The minimum absolute atomic E-state index is 0.331. The molecular weight excluding hydrogens is 230 g/mol. The first-order valence-corrected chi connectivity index (χ1v) is 5.85. The molecule has 0 saturated heterocycles. The molecule has 1 fully saturated rings. The molecule has 0 aromatic carbocycles. The second kappa shape index (κ2) is 5.27. The van der Waals surface area contributed by atoms with Crippen LogP contribution in [0.2, 0.25) is 0 Å². The molecule has 4 N–H and O–H groups in total. The highest BCUT2D eigenvalue weighted by molar-refractivity contribution is 5.86. The van der Waals surface area contributed by atoms with Crippen LogP contribution in [-0.2, 0) is 4.79 Å². The second-order valence-electron chi connectivity index (χ2n) is 5.05. The first-order chi connectivity index (χ1) is 7.79. The number of carbonyl (C=O) groups is 1. The van der Waals surface area contributed by atoms with Gasteiger partial charge in [0.05, 0.1) is 12.1 Å². The van der Waals surface area contributed by atoms with Crippen molar-refractivity contribution >= 4 is 5.91 Å². The lowest BCUT2D eigenvalue weighted by Crippen LogP contribution is -2.57. The van der Waals surface area contributed by atoms with E-state index in [9.17, 15) is 13.6 Å². The summed E-state index contributed by atoms with van der Waals surface area (Å²) < 4.78 is 25.6. The molecule has 1 saturated carbocycles. The Morgan fingerprint density at radius 3 is 2.82 bits per heavy atom. The molecule has 0 bridgehead atoms. The zero-order valence-electron chi connectivity index (χ0n) is 10.0. The van der Waals surface area contributed by atoms with E-state index in [1.54, 1.807) is 0 Å². The molecular formula is C11H20F2N2O2. The first-order valence-electron chi connectivity index (χ1n) is 5.85. The van der Waals surface area contributed by atoms with Crippen LogP contribution in [0.1, 0.15) is 32.6 Å². The Morgan fingerprint density at radius 1 is 1.65 bits per heavy atom. The van der Waals surface area contributed by atoms with Crippen LogP contribution in [0, 0.1) is 5.92 Å². The lowest BCUT2D eigenvalue weighted by molar-refractivity contribution is -0.130. The van der Waals surface area contributed by atoms with Gasteiger partial charge < -0.3 is 16.2 Å². The average molecular weight is 250 g/mol. The maximum absolute atomic E-state index is 12.8. The molecule has 0 aromatic heterocycles. The van der Waals surface area contributed by atoms with Crippen LogP contribution in [-0.4, -0.2) is 35.6 Å². The lowest BCUT2D eigenvalue weighted by Gasteiger charge is -2.35. The van der Waals surface area contributed by atoms with Crippen molar-refractivity contribution in [1.82, 2.24) is 5.32 Å². The van der Waals surface area contributed by atoms with Crippen LogP contribution in [0.4, 0.5) is 8.78 Å². The van der Waals surface area contributed by atoms with Crippen LogP contribution in [0.25, 0.3) is 0 Å². The maximum Gasteiger partial charge on any atom is 0.287 e. The van der Waals surface area contributed by atoms with Crippen molar-refractivity contribution in [2.45, 2.75) is 44.1 Å². The van der Waals surface area contributed by atoms with Gasteiger partial charge in [-0.2, -0.15) is 0 Å². The predicted molar refractivity (Wildman–Crippen MR) is 59.6 cm³/mol. The number of alkyl halides is 2. The summed E-state index contributed by atoms with van der Waals surface area (Å²) in [6.45, 7) is -0.146. The minimum atomic E-state index is -3.29. The zero-order chi connectivity index (χ0) is 13.1. The Bertz CT molecular complexity index is 287. The molecule has 6 heteroatoms. The molecule has 0 aliphatic heterocycles. The molecule has 2 unspecified atom stereocenters. The minimum Gasteiger partial charge on any atom is -0.390 e. The molecule has 1 aliphatic rings. The maximum atomic E-state index is 12.8. The van der Waals surface area contributed by atoms with Crippen molar-refractivity contribution in [3.63, 3.8) is 0 Å². The van der Waals surface area contributed by atoms with E-state index in [1.165, 1.54) is 0 Å². The van der Waals surface area contributed by atoms with Gasteiger partial charge in [-0.15, -0.1) is 0 Å². The number of amides is 1. The highest BCUT2D eigenvalue weighted by atomic mass is 19.3. The van der Waals surface area contributed by atoms with Gasteiger partial charge in [-0.25, -0.2) is 8.78 Å². The summed E-state index contributed by atoms with van der Waals surface area (Å²) in [7, 11) is 0. The second-order valence-corrected chi connectivity index (χ2v) is 5.05. The molecule has 0 aromatic rings. The fraction of sp³-hybridized carbons (Fsp3) is 0.909. The van der Waals surface area contributed by atoms with E-state index in [1.807, 2.05) is 6.92 Å². The van der Waals surface area contributed by atoms with Crippen LogP contribution in [0.15, 0.2) is 0 Å². The molecule has 0 heterocycles. The van der Waals surface area contributed by atoms with Gasteiger partial charge in [0, 0.05) is 0 Å². The van der Waals surface area contributed by atoms with E-state index in [4.69, 9.17) is 10.8 Å². The van der Waals surface area contributed by atoms with Crippen LogP contribution in [0.3, 0.4) is 0 Å². The number of halogens is 2. The zero-order valence-corrected chi connectivity index (χ0v) is 10.0. The third-order valence-electron chi connectivity index (χ3n) is 3.22. The quantitative estimate of drug-likeness (QED) is 0.685. The third kappa shape index (κ3) is 3.89. The summed E-state index contributed by atoms with van der Waals surface area (Å²) in [5, 5.41) is 10.5. The number of aliphatic hydroxyl groups excluding tert-OH is 1. The number of carbonyl (C=O) groups excluding carboxylic acids is 1. The van der Waals surface area contributed by atoms with E-state index in [0.717, 1.165) is 12.8 Å². The van der Waals surface area contributed by atoms with E-state index >= 15 is 0 Å². The average Bonchev–Trinajstić information content (AvgIpc) is 2.25. The van der Waals surface area contributed by atoms with Crippen molar-refractivity contribution in [1.29, 1.82) is 0 Å². The molecule has 1 aliphatic carbocycles. The van der Waals surface area contributed by atoms with E-state index in [-0.39, 0.29) is 0 Å². The number of hydrogen-bond acceptors (Lipinski definition) is 3. The molecule has 0 radical (unpaired) electrons. The van der Waals surface area contributed by atoms with Gasteiger partial charge in [0.15, 0.2) is 0 Å². The van der Waals surface area contributed by atoms with Crippen LogP contribution < -0.4 is 11.1 Å². The number of rotatable bonds is 4. The van der Waals surface area contributed by atoms with Crippen molar-refractivity contribution in [3.05, 3.63) is 0 Å². The highest BCUT2D eigenvalue weighted by Crippen LogP contribution is 2.30. The van der Waals surface area contributed by atoms with Gasteiger partial charge in [-0.3, -0.25) is 4.79 Å². The van der Waals surface area contributed by atoms with Gasteiger partial charge in [0.2, 0.25) is 5.91 Å². The highest BCUT2D eigenvalue weighted by Gasteiger charge is 2.39. The van der Waals surface area contributed by atoms with Gasteiger partial charge in [0.25, 0.3) is 5.92 Å². The number of aliphatic hydroxyl groups is 1. The smallest absolute Gasteiger partial charge is 0.287 e. The number of nitrogens with one attached hydrogen (secondary N) is 1. The summed E-state index contributed by atoms with van der Waals surface area (Å²) in [4.78, 5) is 11.8. The fourth-order valence-corrected chi connectivity index (χ4v) is 2.24. The monoisotopic (exact) mass is 250 g/mol. The van der Waals surface area contributed by atoms with Crippen molar-refractivity contribution < 1.29 is 18.7 Å². The summed E-state index contributed by atoms with van der Waals surface area (Å²) >= 11 is 0. The molecule has 1 rings (SSSR count). The number of hydrogen-bond donors (Lipinski definition) is 3. The van der Waals surface area contributed by atoms with Crippen LogP contribution in [0.5, 0.6) is 0 Å². The fourth-order valence-electron chi connectivity index (χ4n) is 2.24. The largest absolute Gasteiger partial charge is 0.390 e. The SMILES string of the molecule is CC1CCCC(N)(C(=O)NCC(F)(F)CO)C1. The normalized spacial score (nSPS) is 30.1.